The van der Waals surface area contributed by atoms with Gasteiger partial charge in [-0.15, -0.1) is 0 Å². The van der Waals surface area contributed by atoms with E-state index >= 15 is 0 Å². The molecular formula is C34H64O4. The highest BCUT2D eigenvalue weighted by molar-refractivity contribution is 5.78. The summed E-state index contributed by atoms with van der Waals surface area (Å²) >= 11 is 0. The molecule has 0 radical (unpaired) electrons. The summed E-state index contributed by atoms with van der Waals surface area (Å²) in [6.07, 6.45) is 36.5. The normalized spacial score (nSPS) is 12.3. The molecule has 0 aliphatic carbocycles. The molecule has 0 aromatic rings. The minimum Gasteiger partial charge on any atom is -0.481 e. The fourth-order valence-corrected chi connectivity index (χ4v) is 5.02. The number of aliphatic carboxylic acids is 1. The number of rotatable bonds is 30. The second-order valence-corrected chi connectivity index (χ2v) is 11.4. The predicted octanol–water partition coefficient (Wildman–Crippen LogP) is 11.0. The number of carbonyl (C=O) groups is 2. The van der Waals surface area contributed by atoms with Crippen LogP contribution in [0.2, 0.25) is 0 Å². The highest BCUT2D eigenvalue weighted by Crippen LogP contribution is 2.18. The van der Waals surface area contributed by atoms with Crippen LogP contribution in [-0.4, -0.2) is 23.7 Å². The van der Waals surface area contributed by atoms with Crippen molar-refractivity contribution in [3.63, 3.8) is 0 Å². The second kappa shape index (κ2) is 30.2. The third kappa shape index (κ3) is 27.7. The van der Waals surface area contributed by atoms with E-state index in [0.29, 0.717) is 13.0 Å². The van der Waals surface area contributed by atoms with Crippen molar-refractivity contribution in [3.8, 4) is 0 Å². The average Bonchev–Trinajstić information content (AvgIpc) is 2.91. The van der Waals surface area contributed by atoms with Crippen molar-refractivity contribution in [2.75, 3.05) is 6.61 Å². The lowest BCUT2D eigenvalue weighted by Crippen LogP contribution is -2.19. The lowest BCUT2D eigenvalue weighted by atomic mass is 9.97. The van der Waals surface area contributed by atoms with Gasteiger partial charge in [0.25, 0.3) is 0 Å². The van der Waals surface area contributed by atoms with E-state index in [0.717, 1.165) is 19.3 Å². The molecule has 0 aromatic carbocycles. The number of carbonyl (C=O) groups excluding carboxylic acids is 1. The highest BCUT2D eigenvalue weighted by atomic mass is 16.5. The standard InChI is InChI=1S/C34H64O4/c1-3-5-6-7-8-9-10-11-12-13-14-15-16-17-18-19-20-21-22-23-24-25-26-27-28-29-32(34(36)37)31-33(35)38-30-4-2/h12-13,32H,3-11,14-31H2,1-2H3,(H,36,37)/b13-12+. The molecule has 1 N–H and O–H groups in total. The zero-order valence-electron chi connectivity index (χ0n) is 25.5. The molecule has 0 bridgehead atoms. The topological polar surface area (TPSA) is 63.6 Å². The van der Waals surface area contributed by atoms with E-state index in [4.69, 9.17) is 4.74 Å². The Kier molecular flexibility index (Phi) is 29.2. The van der Waals surface area contributed by atoms with Gasteiger partial charge in [0.15, 0.2) is 0 Å². The quantitative estimate of drug-likeness (QED) is 0.0563. The van der Waals surface area contributed by atoms with E-state index in [-0.39, 0.29) is 12.4 Å². The van der Waals surface area contributed by atoms with Crippen LogP contribution >= 0.6 is 0 Å². The van der Waals surface area contributed by atoms with Crippen molar-refractivity contribution in [1.29, 1.82) is 0 Å². The minimum absolute atomic E-state index is 0.00603. The first-order chi connectivity index (χ1) is 18.6. The number of ether oxygens (including phenoxy) is 1. The Labute approximate surface area is 236 Å². The van der Waals surface area contributed by atoms with E-state index in [1.165, 1.54) is 135 Å². The average molecular weight is 537 g/mol. The SMILES string of the molecule is CCCCCCCCC/C=C/CCCCCCCCCCCCCCCCC(CC(=O)OCCC)C(=O)O. The first-order valence-corrected chi connectivity index (χ1v) is 16.6. The van der Waals surface area contributed by atoms with Crippen molar-refractivity contribution in [3.05, 3.63) is 12.2 Å². The van der Waals surface area contributed by atoms with Gasteiger partial charge in [0, 0.05) is 0 Å². The Morgan fingerprint density at radius 2 is 0.974 bits per heavy atom. The molecule has 0 amide bonds. The predicted molar refractivity (Wildman–Crippen MR) is 163 cm³/mol. The van der Waals surface area contributed by atoms with Gasteiger partial charge in [-0.05, 0) is 38.5 Å². The molecule has 0 saturated carbocycles. The molecule has 0 rings (SSSR count). The first-order valence-electron chi connectivity index (χ1n) is 16.6. The maximum atomic E-state index is 11.7. The Bertz CT molecular complexity index is 543. The molecule has 0 saturated heterocycles. The number of esters is 1. The Morgan fingerprint density at radius 1 is 0.579 bits per heavy atom. The Hall–Kier alpha value is -1.32. The summed E-state index contributed by atoms with van der Waals surface area (Å²) in [5.74, 6) is -1.85. The second-order valence-electron chi connectivity index (χ2n) is 11.4. The smallest absolute Gasteiger partial charge is 0.307 e. The molecular weight excluding hydrogens is 472 g/mol. The molecule has 0 fully saturated rings. The number of carboxylic acids is 1. The number of allylic oxidation sites excluding steroid dienone is 2. The van der Waals surface area contributed by atoms with Crippen molar-refractivity contribution in [1.82, 2.24) is 0 Å². The number of hydrogen-bond acceptors (Lipinski definition) is 3. The lowest BCUT2D eigenvalue weighted by Gasteiger charge is -2.11. The Balaban J connectivity index is 3.33. The Morgan fingerprint density at radius 3 is 1.37 bits per heavy atom. The molecule has 0 aromatic heterocycles. The molecule has 224 valence electrons. The van der Waals surface area contributed by atoms with Gasteiger partial charge in [0.05, 0.1) is 18.9 Å². The third-order valence-electron chi connectivity index (χ3n) is 7.54. The van der Waals surface area contributed by atoms with Gasteiger partial charge in [-0.3, -0.25) is 9.59 Å². The summed E-state index contributed by atoms with van der Waals surface area (Å²) in [5.41, 5.74) is 0. The van der Waals surface area contributed by atoms with Crippen LogP contribution < -0.4 is 0 Å². The summed E-state index contributed by atoms with van der Waals surface area (Å²) in [6.45, 7) is 4.59. The van der Waals surface area contributed by atoms with Crippen LogP contribution in [0.15, 0.2) is 12.2 Å². The van der Waals surface area contributed by atoms with Crippen LogP contribution in [0.1, 0.15) is 181 Å². The molecule has 1 unspecified atom stereocenters. The van der Waals surface area contributed by atoms with Crippen molar-refractivity contribution < 1.29 is 19.4 Å². The van der Waals surface area contributed by atoms with E-state index in [9.17, 15) is 14.7 Å². The molecule has 38 heavy (non-hydrogen) atoms. The van der Waals surface area contributed by atoms with Crippen LogP contribution in [0.25, 0.3) is 0 Å². The summed E-state index contributed by atoms with van der Waals surface area (Å²) in [7, 11) is 0. The highest BCUT2D eigenvalue weighted by Gasteiger charge is 2.21. The number of unbranched alkanes of at least 4 members (excludes halogenated alkanes) is 21. The summed E-state index contributed by atoms with van der Waals surface area (Å²) in [5, 5.41) is 9.33. The van der Waals surface area contributed by atoms with Gasteiger partial charge in [0.2, 0.25) is 0 Å². The molecule has 0 aliphatic rings. The monoisotopic (exact) mass is 536 g/mol. The van der Waals surface area contributed by atoms with Crippen molar-refractivity contribution in [2.45, 2.75) is 181 Å². The van der Waals surface area contributed by atoms with Gasteiger partial charge in [-0.25, -0.2) is 0 Å². The molecule has 0 aliphatic heterocycles. The largest absolute Gasteiger partial charge is 0.481 e. The molecule has 4 heteroatoms. The number of hydrogen-bond donors (Lipinski definition) is 1. The van der Waals surface area contributed by atoms with Crippen LogP contribution in [0.4, 0.5) is 0 Å². The zero-order valence-corrected chi connectivity index (χ0v) is 25.5. The van der Waals surface area contributed by atoms with Gasteiger partial charge in [0.1, 0.15) is 0 Å². The third-order valence-corrected chi connectivity index (χ3v) is 7.54. The fourth-order valence-electron chi connectivity index (χ4n) is 5.02. The fraction of sp³-hybridized carbons (Fsp3) is 0.882. The molecule has 4 nitrogen and oxygen atoms in total. The van der Waals surface area contributed by atoms with Gasteiger partial charge >= 0.3 is 11.9 Å². The first kappa shape index (κ1) is 36.7. The maximum Gasteiger partial charge on any atom is 0.307 e. The number of carboxylic acid groups (broad SMARTS) is 1. The minimum atomic E-state index is -0.875. The van der Waals surface area contributed by atoms with Crippen LogP contribution in [0.3, 0.4) is 0 Å². The zero-order chi connectivity index (χ0) is 27.9. The van der Waals surface area contributed by atoms with Crippen molar-refractivity contribution >= 4 is 11.9 Å². The van der Waals surface area contributed by atoms with Crippen LogP contribution in [0, 0.1) is 5.92 Å². The van der Waals surface area contributed by atoms with Gasteiger partial charge < -0.3 is 9.84 Å². The van der Waals surface area contributed by atoms with Gasteiger partial charge in [-0.2, -0.15) is 0 Å². The maximum absolute atomic E-state index is 11.7. The van der Waals surface area contributed by atoms with Crippen LogP contribution in [0.5, 0.6) is 0 Å². The lowest BCUT2D eigenvalue weighted by molar-refractivity contribution is -0.151. The van der Waals surface area contributed by atoms with Gasteiger partial charge in [-0.1, -0.05) is 148 Å². The summed E-state index contributed by atoms with van der Waals surface area (Å²) in [4.78, 5) is 23.0. The molecule has 1 atom stereocenters. The van der Waals surface area contributed by atoms with Crippen molar-refractivity contribution in [2.24, 2.45) is 5.92 Å². The van der Waals surface area contributed by atoms with E-state index in [2.05, 4.69) is 19.1 Å². The van der Waals surface area contributed by atoms with E-state index in [1.807, 2.05) is 6.92 Å². The summed E-state index contributed by atoms with van der Waals surface area (Å²) in [6, 6.07) is 0. The van der Waals surface area contributed by atoms with Crippen LogP contribution in [-0.2, 0) is 14.3 Å². The van der Waals surface area contributed by atoms with E-state index in [1.54, 1.807) is 0 Å². The molecule has 0 heterocycles. The molecule has 0 spiro atoms. The summed E-state index contributed by atoms with van der Waals surface area (Å²) < 4.78 is 5.03. The van der Waals surface area contributed by atoms with E-state index < -0.39 is 11.9 Å².